The van der Waals surface area contributed by atoms with E-state index in [1.54, 1.807) is 4.68 Å². The maximum atomic E-state index is 5.86. The third kappa shape index (κ3) is 1.87. The average Bonchev–Trinajstić information content (AvgIpc) is 2.50. The van der Waals surface area contributed by atoms with Crippen molar-refractivity contribution in [3.63, 3.8) is 0 Å². The molecule has 0 aliphatic carbocycles. The van der Waals surface area contributed by atoms with Gasteiger partial charge in [0.1, 0.15) is 23.1 Å². The van der Waals surface area contributed by atoms with Gasteiger partial charge in [-0.15, -0.1) is 5.10 Å². The van der Waals surface area contributed by atoms with E-state index in [-0.39, 0.29) is 0 Å². The minimum atomic E-state index is 0.354. The third-order valence-corrected chi connectivity index (χ3v) is 3.05. The summed E-state index contributed by atoms with van der Waals surface area (Å²) in [6, 6.07) is 0. The highest BCUT2D eigenvalue weighted by atomic mass is 79.9. The molecule has 2 rings (SSSR count). The lowest BCUT2D eigenvalue weighted by Gasteiger charge is -2.04. The van der Waals surface area contributed by atoms with Crippen LogP contribution in [0.25, 0.3) is 5.82 Å². The molecule has 0 atom stereocenters. The van der Waals surface area contributed by atoms with Crippen molar-refractivity contribution >= 4 is 27.5 Å². The van der Waals surface area contributed by atoms with Crippen LogP contribution < -0.4 is 0 Å². The highest BCUT2D eigenvalue weighted by Crippen LogP contribution is 2.25. The lowest BCUT2D eigenvalue weighted by atomic mass is 10.5. The van der Waals surface area contributed by atoms with E-state index in [2.05, 4.69) is 36.0 Å². The normalized spacial score (nSPS) is 10.7. The fourth-order valence-electron chi connectivity index (χ4n) is 1.21. The summed E-state index contributed by atoms with van der Waals surface area (Å²) in [7, 11) is 0. The van der Waals surface area contributed by atoms with Crippen molar-refractivity contribution in [2.24, 2.45) is 0 Å². The summed E-state index contributed by atoms with van der Waals surface area (Å²) in [5.41, 5.74) is 0. The molecule has 2 heterocycles. The Morgan fingerprint density at radius 1 is 1.33 bits per heavy atom. The van der Waals surface area contributed by atoms with Crippen molar-refractivity contribution in [3.05, 3.63) is 27.6 Å². The minimum Gasteiger partial charge on any atom is -0.223 e. The predicted octanol–water partition coefficient (Wildman–Crippen LogP) is 2.09. The van der Waals surface area contributed by atoms with Gasteiger partial charge in [-0.3, -0.25) is 0 Å². The zero-order valence-corrected chi connectivity index (χ0v) is 10.4. The van der Waals surface area contributed by atoms with Gasteiger partial charge in [0.15, 0.2) is 5.82 Å². The van der Waals surface area contributed by atoms with Gasteiger partial charge in [-0.05, 0) is 29.8 Å². The highest BCUT2D eigenvalue weighted by molar-refractivity contribution is 9.10. The summed E-state index contributed by atoms with van der Waals surface area (Å²) in [6.45, 7) is 3.67. The second-order valence-corrected chi connectivity index (χ2v) is 4.07. The largest absolute Gasteiger partial charge is 0.223 e. The Hall–Kier alpha value is -1.01. The van der Waals surface area contributed by atoms with Crippen molar-refractivity contribution in [3.8, 4) is 5.82 Å². The summed E-state index contributed by atoms with van der Waals surface area (Å²) in [6.07, 6.45) is 1.39. The molecule has 0 bridgehead atoms. The van der Waals surface area contributed by atoms with E-state index in [1.807, 2.05) is 13.8 Å². The van der Waals surface area contributed by atoms with Crippen LogP contribution in [-0.2, 0) is 0 Å². The first kappa shape index (κ1) is 10.5. The first-order chi connectivity index (χ1) is 7.09. The molecule has 0 unspecified atom stereocenters. The maximum Gasteiger partial charge on any atom is 0.174 e. The lowest BCUT2D eigenvalue weighted by Crippen LogP contribution is -2.04. The fourth-order valence-corrected chi connectivity index (χ4v) is 1.71. The molecule has 0 N–H and O–H groups in total. The average molecular weight is 289 g/mol. The standard InChI is InChI=1S/C8H7BrClN5/c1-4-13-5(2)15(14-4)8-6(9)7(10)11-3-12-8/h3H,1-2H3. The summed E-state index contributed by atoms with van der Waals surface area (Å²) in [5, 5.41) is 4.56. The number of aromatic nitrogens is 5. The molecule has 0 aliphatic heterocycles. The molecule has 0 spiro atoms. The molecular formula is C8H7BrClN5. The second kappa shape index (κ2) is 3.86. The van der Waals surface area contributed by atoms with Gasteiger partial charge >= 0.3 is 0 Å². The van der Waals surface area contributed by atoms with Crippen LogP contribution in [0.5, 0.6) is 0 Å². The number of nitrogens with zero attached hydrogens (tertiary/aromatic N) is 5. The van der Waals surface area contributed by atoms with Crippen LogP contribution in [0.1, 0.15) is 11.6 Å². The van der Waals surface area contributed by atoms with Gasteiger partial charge in [0.2, 0.25) is 0 Å². The van der Waals surface area contributed by atoms with E-state index in [0.29, 0.717) is 21.3 Å². The number of aryl methyl sites for hydroxylation is 2. The van der Waals surface area contributed by atoms with Crippen LogP contribution in [0, 0.1) is 13.8 Å². The van der Waals surface area contributed by atoms with Crippen LogP contribution in [0.2, 0.25) is 5.15 Å². The Morgan fingerprint density at radius 2 is 2.07 bits per heavy atom. The van der Waals surface area contributed by atoms with Gasteiger partial charge in [0, 0.05) is 0 Å². The molecule has 15 heavy (non-hydrogen) atoms. The molecule has 0 saturated heterocycles. The van der Waals surface area contributed by atoms with Crippen LogP contribution in [0.15, 0.2) is 10.8 Å². The van der Waals surface area contributed by atoms with Crippen LogP contribution >= 0.6 is 27.5 Å². The molecule has 0 amide bonds. The van der Waals surface area contributed by atoms with Crippen molar-refractivity contribution in [2.75, 3.05) is 0 Å². The summed E-state index contributed by atoms with van der Waals surface area (Å²) in [5.74, 6) is 2.03. The monoisotopic (exact) mass is 287 g/mol. The Bertz CT molecular complexity index is 510. The summed E-state index contributed by atoms with van der Waals surface area (Å²) in [4.78, 5) is 12.1. The van der Waals surface area contributed by atoms with Gasteiger partial charge in [0.25, 0.3) is 0 Å². The van der Waals surface area contributed by atoms with Gasteiger partial charge in [-0.1, -0.05) is 11.6 Å². The SMILES string of the molecule is Cc1nc(C)n(-c2ncnc(Cl)c2Br)n1. The first-order valence-electron chi connectivity index (χ1n) is 4.16. The molecule has 0 aliphatic rings. The van der Waals surface area contributed by atoms with Gasteiger partial charge in [-0.25, -0.2) is 15.0 Å². The first-order valence-corrected chi connectivity index (χ1v) is 5.33. The smallest absolute Gasteiger partial charge is 0.174 e. The predicted molar refractivity (Wildman–Crippen MR) is 59.1 cm³/mol. The summed E-state index contributed by atoms with van der Waals surface area (Å²) < 4.78 is 2.23. The molecule has 0 radical (unpaired) electrons. The van der Waals surface area contributed by atoms with E-state index in [4.69, 9.17) is 11.6 Å². The molecule has 0 fully saturated rings. The molecule has 2 aromatic rings. The molecule has 78 valence electrons. The number of rotatable bonds is 1. The topological polar surface area (TPSA) is 56.5 Å². The van der Waals surface area contributed by atoms with E-state index >= 15 is 0 Å². The van der Waals surface area contributed by atoms with Gasteiger partial charge in [-0.2, -0.15) is 4.68 Å². The van der Waals surface area contributed by atoms with Crippen molar-refractivity contribution in [2.45, 2.75) is 13.8 Å². The molecule has 0 saturated carbocycles. The van der Waals surface area contributed by atoms with Gasteiger partial charge < -0.3 is 0 Å². The van der Waals surface area contributed by atoms with Crippen molar-refractivity contribution < 1.29 is 0 Å². The fraction of sp³-hybridized carbons (Fsp3) is 0.250. The Labute approximate surface area is 99.7 Å². The third-order valence-electron chi connectivity index (χ3n) is 1.80. The van der Waals surface area contributed by atoms with E-state index < -0.39 is 0 Å². The highest BCUT2D eigenvalue weighted by Gasteiger charge is 2.12. The zero-order chi connectivity index (χ0) is 11.0. The van der Waals surface area contributed by atoms with Crippen LogP contribution in [0.4, 0.5) is 0 Å². The second-order valence-electron chi connectivity index (χ2n) is 2.92. The van der Waals surface area contributed by atoms with Gasteiger partial charge in [0.05, 0.1) is 4.47 Å². The molecule has 2 aromatic heterocycles. The Morgan fingerprint density at radius 3 is 2.67 bits per heavy atom. The maximum absolute atomic E-state index is 5.86. The van der Waals surface area contributed by atoms with E-state index in [1.165, 1.54) is 6.33 Å². The van der Waals surface area contributed by atoms with Crippen molar-refractivity contribution in [1.82, 2.24) is 24.7 Å². The Balaban J connectivity index is 2.64. The van der Waals surface area contributed by atoms with Crippen LogP contribution in [-0.4, -0.2) is 24.7 Å². The molecule has 7 heteroatoms. The molecule has 5 nitrogen and oxygen atoms in total. The molecule has 0 aromatic carbocycles. The van der Waals surface area contributed by atoms with Crippen LogP contribution in [0.3, 0.4) is 0 Å². The summed E-state index contributed by atoms with van der Waals surface area (Å²) >= 11 is 9.18. The quantitative estimate of drug-likeness (QED) is 0.754. The number of halogens is 2. The number of hydrogen-bond acceptors (Lipinski definition) is 4. The lowest BCUT2D eigenvalue weighted by molar-refractivity contribution is 0.793. The zero-order valence-electron chi connectivity index (χ0n) is 8.07. The van der Waals surface area contributed by atoms with Crippen molar-refractivity contribution in [1.29, 1.82) is 0 Å². The number of hydrogen-bond donors (Lipinski definition) is 0. The molecular weight excluding hydrogens is 281 g/mol. The minimum absolute atomic E-state index is 0.354. The van der Waals surface area contributed by atoms with E-state index in [9.17, 15) is 0 Å². The Kier molecular flexibility index (Phi) is 2.70. The van der Waals surface area contributed by atoms with E-state index in [0.717, 1.165) is 5.82 Å².